The van der Waals surface area contributed by atoms with Crippen molar-refractivity contribution in [1.29, 1.82) is 0 Å². The Morgan fingerprint density at radius 3 is 2.05 bits per heavy atom. The monoisotopic (exact) mass is 258 g/mol. The minimum absolute atomic E-state index is 0.118. The van der Waals surface area contributed by atoms with Crippen LogP contribution in [-0.2, 0) is 0 Å². The van der Waals surface area contributed by atoms with Crippen LogP contribution in [0.15, 0.2) is 12.1 Å². The van der Waals surface area contributed by atoms with Crippen LogP contribution in [0.1, 0.15) is 32.6 Å². The lowest BCUT2D eigenvalue weighted by Gasteiger charge is -2.14. The summed E-state index contributed by atoms with van der Waals surface area (Å²) in [6.07, 6.45) is 0. The number of hydrogen-bond donors (Lipinski definition) is 3. The van der Waals surface area contributed by atoms with Crippen LogP contribution in [0.25, 0.3) is 11.3 Å². The summed E-state index contributed by atoms with van der Waals surface area (Å²) in [6.45, 7) is 8.18. The first-order valence-electron chi connectivity index (χ1n) is 6.12. The molecule has 2 rings (SSSR count). The first-order valence-corrected chi connectivity index (χ1v) is 6.12. The van der Waals surface area contributed by atoms with Gasteiger partial charge in [0, 0.05) is 11.3 Å². The van der Waals surface area contributed by atoms with Crippen molar-refractivity contribution in [2.24, 2.45) is 0 Å². The summed E-state index contributed by atoms with van der Waals surface area (Å²) in [5.74, 6) is -0.819. The van der Waals surface area contributed by atoms with Crippen LogP contribution < -0.4 is 5.73 Å². The summed E-state index contributed by atoms with van der Waals surface area (Å²) >= 11 is 0. The molecule has 19 heavy (non-hydrogen) atoms. The van der Waals surface area contributed by atoms with Gasteiger partial charge in [0.15, 0.2) is 0 Å². The Balaban J connectivity index is 2.72. The third-order valence-corrected chi connectivity index (χ3v) is 3.71. The quantitative estimate of drug-likeness (QED) is 0.774. The Kier molecular flexibility index (Phi) is 3.10. The summed E-state index contributed by atoms with van der Waals surface area (Å²) in [6, 6.07) is 3.74. The molecule has 0 bridgehead atoms. The number of rotatable bonds is 2. The zero-order valence-corrected chi connectivity index (χ0v) is 11.6. The van der Waals surface area contributed by atoms with Gasteiger partial charge in [-0.15, -0.1) is 0 Å². The van der Waals surface area contributed by atoms with E-state index in [4.69, 9.17) is 10.8 Å². The molecule has 0 radical (unpaired) electrons. The average molecular weight is 258 g/mol. The van der Waals surface area contributed by atoms with Gasteiger partial charge in [-0.1, -0.05) is 6.07 Å². The highest BCUT2D eigenvalue weighted by molar-refractivity contribution is 5.95. The number of nitrogens with two attached hydrogens (primary N) is 1. The number of benzene rings is 1. The smallest absolute Gasteiger partial charge is 0.339 e. The van der Waals surface area contributed by atoms with Crippen molar-refractivity contribution in [1.82, 2.24) is 4.98 Å². The number of carboxylic acids is 1. The van der Waals surface area contributed by atoms with Gasteiger partial charge in [0.25, 0.3) is 0 Å². The van der Waals surface area contributed by atoms with E-state index >= 15 is 0 Å². The highest BCUT2D eigenvalue weighted by Gasteiger charge is 2.17. The van der Waals surface area contributed by atoms with Crippen LogP contribution in [0, 0.1) is 27.7 Å². The topological polar surface area (TPSA) is 79.1 Å². The standard InChI is InChI=1S/C15H18N2O2/c1-7-5-8(2)10(4)13(9(7)3)12-6-11(15(18)19)14(16)17-12/h5-6,17H,16H2,1-4H3,(H,18,19). The van der Waals surface area contributed by atoms with E-state index in [0.717, 1.165) is 22.4 Å². The molecule has 0 saturated carbocycles. The normalized spacial score (nSPS) is 10.7. The maximum Gasteiger partial charge on any atom is 0.339 e. The van der Waals surface area contributed by atoms with Crippen molar-refractivity contribution < 1.29 is 9.90 Å². The summed E-state index contributed by atoms with van der Waals surface area (Å²) in [4.78, 5) is 14.0. The first-order chi connectivity index (χ1) is 8.82. The number of hydrogen-bond acceptors (Lipinski definition) is 2. The predicted octanol–water partition coefficient (Wildman–Crippen LogP) is 3.20. The number of aromatic carboxylic acids is 1. The average Bonchev–Trinajstić information content (AvgIpc) is 2.69. The van der Waals surface area contributed by atoms with Crippen LogP contribution in [0.5, 0.6) is 0 Å². The number of aromatic amines is 1. The van der Waals surface area contributed by atoms with E-state index in [9.17, 15) is 4.79 Å². The zero-order valence-electron chi connectivity index (χ0n) is 11.6. The summed E-state index contributed by atoms with van der Waals surface area (Å²) in [5.41, 5.74) is 12.3. The van der Waals surface area contributed by atoms with Crippen molar-refractivity contribution >= 4 is 11.8 Å². The highest BCUT2D eigenvalue weighted by atomic mass is 16.4. The molecule has 1 aromatic carbocycles. The maximum absolute atomic E-state index is 11.1. The molecule has 0 amide bonds. The summed E-state index contributed by atoms with van der Waals surface area (Å²) < 4.78 is 0. The molecule has 0 aliphatic heterocycles. The Morgan fingerprint density at radius 2 is 1.63 bits per heavy atom. The fourth-order valence-corrected chi connectivity index (χ4v) is 2.40. The number of aryl methyl sites for hydroxylation is 2. The number of nitrogens with one attached hydrogen (secondary N) is 1. The van der Waals surface area contributed by atoms with E-state index in [-0.39, 0.29) is 11.4 Å². The van der Waals surface area contributed by atoms with Gasteiger partial charge in [0.2, 0.25) is 0 Å². The molecule has 1 heterocycles. The molecule has 0 aliphatic rings. The second kappa shape index (κ2) is 4.46. The van der Waals surface area contributed by atoms with Crippen LogP contribution in [0.3, 0.4) is 0 Å². The van der Waals surface area contributed by atoms with Gasteiger partial charge in [0.05, 0.1) is 0 Å². The Hall–Kier alpha value is -2.23. The fourth-order valence-electron chi connectivity index (χ4n) is 2.40. The molecule has 2 aromatic rings. The van der Waals surface area contributed by atoms with Gasteiger partial charge in [-0.25, -0.2) is 4.79 Å². The second-order valence-corrected chi connectivity index (χ2v) is 4.95. The number of H-pyrrole nitrogens is 1. The van der Waals surface area contributed by atoms with Crippen molar-refractivity contribution in [2.75, 3.05) is 5.73 Å². The molecule has 4 N–H and O–H groups in total. The van der Waals surface area contributed by atoms with Crippen LogP contribution in [0.2, 0.25) is 0 Å². The lowest BCUT2D eigenvalue weighted by atomic mass is 9.92. The molecule has 0 fully saturated rings. The molecule has 0 aliphatic carbocycles. The Morgan fingerprint density at radius 1 is 1.11 bits per heavy atom. The van der Waals surface area contributed by atoms with E-state index in [2.05, 4.69) is 24.9 Å². The SMILES string of the molecule is Cc1cc(C)c(C)c(-c2cc(C(=O)O)c(N)[nH]2)c1C. The number of nitrogen functional groups attached to an aromatic ring is 1. The first kappa shape index (κ1) is 13.2. The molecular formula is C15H18N2O2. The summed E-state index contributed by atoms with van der Waals surface area (Å²) in [7, 11) is 0. The minimum Gasteiger partial charge on any atom is -0.478 e. The molecule has 0 saturated heterocycles. The maximum atomic E-state index is 11.1. The number of anilines is 1. The van der Waals surface area contributed by atoms with Gasteiger partial charge in [-0.2, -0.15) is 0 Å². The van der Waals surface area contributed by atoms with Crippen molar-refractivity contribution in [3.8, 4) is 11.3 Å². The molecule has 0 spiro atoms. The van der Waals surface area contributed by atoms with Crippen LogP contribution in [0.4, 0.5) is 5.82 Å². The second-order valence-electron chi connectivity index (χ2n) is 4.95. The Labute approximate surface area is 112 Å². The largest absolute Gasteiger partial charge is 0.478 e. The third kappa shape index (κ3) is 2.10. The molecule has 0 unspecified atom stereocenters. The molecular weight excluding hydrogens is 240 g/mol. The lowest BCUT2D eigenvalue weighted by molar-refractivity contribution is 0.0698. The molecule has 1 aromatic heterocycles. The van der Waals surface area contributed by atoms with Crippen LogP contribution in [-0.4, -0.2) is 16.1 Å². The van der Waals surface area contributed by atoms with Gasteiger partial charge in [-0.05, 0) is 56.0 Å². The highest BCUT2D eigenvalue weighted by Crippen LogP contribution is 2.32. The van der Waals surface area contributed by atoms with Gasteiger partial charge < -0.3 is 15.8 Å². The zero-order chi connectivity index (χ0) is 14.3. The number of carbonyl (C=O) groups is 1. The van der Waals surface area contributed by atoms with Crippen molar-refractivity contribution in [2.45, 2.75) is 27.7 Å². The molecule has 100 valence electrons. The number of carboxylic acid groups (broad SMARTS) is 1. The van der Waals surface area contributed by atoms with Crippen molar-refractivity contribution in [3.63, 3.8) is 0 Å². The lowest BCUT2D eigenvalue weighted by Crippen LogP contribution is -1.98. The van der Waals surface area contributed by atoms with E-state index in [1.165, 1.54) is 11.1 Å². The van der Waals surface area contributed by atoms with Crippen LogP contribution >= 0.6 is 0 Å². The van der Waals surface area contributed by atoms with Gasteiger partial charge >= 0.3 is 5.97 Å². The van der Waals surface area contributed by atoms with E-state index < -0.39 is 5.97 Å². The number of aromatic nitrogens is 1. The predicted molar refractivity (Wildman–Crippen MR) is 76.5 cm³/mol. The Bertz CT molecular complexity index is 643. The molecule has 4 nitrogen and oxygen atoms in total. The summed E-state index contributed by atoms with van der Waals surface area (Å²) in [5, 5.41) is 9.07. The van der Waals surface area contributed by atoms with E-state index in [1.807, 2.05) is 13.8 Å². The van der Waals surface area contributed by atoms with Gasteiger partial charge in [0.1, 0.15) is 11.4 Å². The third-order valence-electron chi connectivity index (χ3n) is 3.71. The molecule has 4 heteroatoms. The van der Waals surface area contributed by atoms with Gasteiger partial charge in [-0.3, -0.25) is 0 Å². The molecule has 0 atom stereocenters. The van der Waals surface area contributed by atoms with E-state index in [0.29, 0.717) is 0 Å². The fraction of sp³-hybridized carbons (Fsp3) is 0.267. The van der Waals surface area contributed by atoms with Crippen molar-refractivity contribution in [3.05, 3.63) is 39.9 Å². The van der Waals surface area contributed by atoms with E-state index in [1.54, 1.807) is 6.07 Å². The minimum atomic E-state index is -1.01.